The van der Waals surface area contributed by atoms with Gasteiger partial charge in [-0.15, -0.1) is 0 Å². The Morgan fingerprint density at radius 1 is 1.64 bits per heavy atom. The molecule has 14 heavy (non-hydrogen) atoms. The van der Waals surface area contributed by atoms with Crippen molar-refractivity contribution in [2.45, 2.75) is 19.3 Å². The van der Waals surface area contributed by atoms with Crippen molar-refractivity contribution in [3.05, 3.63) is 26.7 Å². The van der Waals surface area contributed by atoms with E-state index in [-0.39, 0.29) is 17.5 Å². The molecule has 0 heterocycles. The summed E-state index contributed by atoms with van der Waals surface area (Å²) in [6.45, 7) is 1.93. The summed E-state index contributed by atoms with van der Waals surface area (Å²) in [6, 6.07) is 1.63. The molecule has 0 spiro atoms. The van der Waals surface area contributed by atoms with Gasteiger partial charge in [-0.3, -0.25) is 4.79 Å². The molecule has 4 heteroatoms. The zero-order chi connectivity index (χ0) is 10.5. The molecule has 0 aromatic heterocycles. The van der Waals surface area contributed by atoms with E-state index in [2.05, 4.69) is 15.9 Å². The van der Waals surface area contributed by atoms with Gasteiger partial charge in [0.25, 0.3) is 0 Å². The Labute approximate surface area is 95.0 Å². The summed E-state index contributed by atoms with van der Waals surface area (Å²) in [5.41, 5.74) is 1.16. The van der Waals surface area contributed by atoms with E-state index in [1.54, 1.807) is 6.07 Å². The van der Waals surface area contributed by atoms with E-state index in [9.17, 15) is 9.90 Å². The van der Waals surface area contributed by atoms with Gasteiger partial charge in [-0.25, -0.2) is 0 Å². The number of carbonyl (C=O) groups is 1. The molecule has 1 atom stereocenters. The predicted molar refractivity (Wildman–Crippen MR) is 58.2 cm³/mol. The lowest BCUT2D eigenvalue weighted by molar-refractivity contribution is 0.0988. The molecule has 0 radical (unpaired) electrons. The second-order valence-electron chi connectivity index (χ2n) is 3.51. The second-order valence-corrected chi connectivity index (χ2v) is 4.77. The largest absolute Gasteiger partial charge is 0.506 e. The van der Waals surface area contributed by atoms with Crippen molar-refractivity contribution >= 4 is 33.3 Å². The van der Waals surface area contributed by atoms with Crippen LogP contribution in [0.1, 0.15) is 35.2 Å². The van der Waals surface area contributed by atoms with E-state index < -0.39 is 0 Å². The van der Waals surface area contributed by atoms with E-state index in [1.165, 1.54) is 0 Å². The van der Waals surface area contributed by atoms with Gasteiger partial charge in [-0.05, 0) is 33.5 Å². The zero-order valence-corrected chi connectivity index (χ0v) is 9.82. The van der Waals surface area contributed by atoms with Crippen LogP contribution in [-0.2, 0) is 0 Å². The molecule has 1 aromatic carbocycles. The first kappa shape index (κ1) is 9.99. The Kier molecular flexibility index (Phi) is 2.32. The van der Waals surface area contributed by atoms with Crippen LogP contribution in [0.4, 0.5) is 0 Å². The highest BCUT2D eigenvalue weighted by Gasteiger charge is 2.32. The monoisotopic (exact) mass is 274 g/mol. The zero-order valence-electron chi connectivity index (χ0n) is 7.47. The van der Waals surface area contributed by atoms with Gasteiger partial charge in [-0.2, -0.15) is 0 Å². The third-order valence-electron chi connectivity index (χ3n) is 2.51. The van der Waals surface area contributed by atoms with Gasteiger partial charge >= 0.3 is 0 Å². The van der Waals surface area contributed by atoms with Gasteiger partial charge in [-0.1, -0.05) is 18.5 Å². The molecule has 0 saturated heterocycles. The molecule has 74 valence electrons. The number of phenols is 1. The summed E-state index contributed by atoms with van der Waals surface area (Å²) in [5.74, 6) is 0.0796. The molecule has 0 saturated carbocycles. The van der Waals surface area contributed by atoms with Crippen molar-refractivity contribution in [1.29, 1.82) is 0 Å². The fourth-order valence-corrected chi connectivity index (χ4v) is 2.82. The molecule has 1 N–H and O–H groups in total. The second kappa shape index (κ2) is 3.24. The third kappa shape index (κ3) is 1.27. The van der Waals surface area contributed by atoms with Crippen LogP contribution in [0.2, 0.25) is 5.02 Å². The molecule has 1 unspecified atom stereocenters. The highest BCUT2D eigenvalue weighted by atomic mass is 79.9. The smallest absolute Gasteiger partial charge is 0.167 e. The molecule has 1 aromatic rings. The molecule has 1 aliphatic carbocycles. The topological polar surface area (TPSA) is 37.3 Å². The lowest BCUT2D eigenvalue weighted by Crippen LogP contribution is -1.93. The number of ketones is 1. The molecule has 2 rings (SSSR count). The van der Waals surface area contributed by atoms with Gasteiger partial charge in [0.2, 0.25) is 0 Å². The van der Waals surface area contributed by atoms with Crippen molar-refractivity contribution in [2.75, 3.05) is 0 Å². The van der Waals surface area contributed by atoms with Gasteiger partial charge < -0.3 is 5.11 Å². The number of Topliss-reactive ketones (excluding diaryl/α,β-unsaturated/α-hetero) is 1. The summed E-state index contributed by atoms with van der Waals surface area (Å²) in [7, 11) is 0. The van der Waals surface area contributed by atoms with E-state index in [1.807, 2.05) is 6.92 Å². The maximum atomic E-state index is 11.6. The normalized spacial score (nSPS) is 19.9. The number of carbonyl (C=O) groups excluding carboxylic acids is 1. The highest BCUT2D eigenvalue weighted by Crippen LogP contribution is 2.45. The fourth-order valence-electron chi connectivity index (χ4n) is 1.87. The van der Waals surface area contributed by atoms with Gasteiger partial charge in [0.1, 0.15) is 5.75 Å². The van der Waals surface area contributed by atoms with Crippen LogP contribution in [0.25, 0.3) is 0 Å². The molecule has 1 aliphatic rings. The standard InChI is InChI=1S/C10H8BrClO2/c1-4-2-7(13)9-8(4)6(12)3-5(11)10(9)14/h3-4,14H,2H2,1H3. The van der Waals surface area contributed by atoms with Crippen molar-refractivity contribution in [3.63, 3.8) is 0 Å². The number of aromatic hydroxyl groups is 1. The first-order valence-corrected chi connectivity index (χ1v) is 5.43. The van der Waals surface area contributed by atoms with Crippen LogP contribution in [0.5, 0.6) is 5.75 Å². The summed E-state index contributed by atoms with van der Waals surface area (Å²) in [5, 5.41) is 10.2. The first-order chi connectivity index (χ1) is 6.52. The van der Waals surface area contributed by atoms with Crippen LogP contribution in [0.15, 0.2) is 10.5 Å². The number of benzene rings is 1. The van der Waals surface area contributed by atoms with Crippen molar-refractivity contribution in [2.24, 2.45) is 0 Å². The summed E-state index contributed by atoms with van der Waals surface area (Å²) < 4.78 is 0.476. The quantitative estimate of drug-likeness (QED) is 0.787. The highest BCUT2D eigenvalue weighted by molar-refractivity contribution is 9.10. The number of fused-ring (bicyclic) bond motifs is 1. The summed E-state index contributed by atoms with van der Waals surface area (Å²) in [4.78, 5) is 11.6. The van der Waals surface area contributed by atoms with E-state index >= 15 is 0 Å². The minimum absolute atomic E-state index is 0.0127. The number of rotatable bonds is 0. The Morgan fingerprint density at radius 3 is 2.93 bits per heavy atom. The Hall–Kier alpha value is -0.540. The van der Waals surface area contributed by atoms with Crippen LogP contribution >= 0.6 is 27.5 Å². The van der Waals surface area contributed by atoms with Crippen LogP contribution in [0.3, 0.4) is 0 Å². The van der Waals surface area contributed by atoms with Crippen molar-refractivity contribution in [3.8, 4) is 5.75 Å². The summed E-state index contributed by atoms with van der Waals surface area (Å²) in [6.07, 6.45) is 0.430. The van der Waals surface area contributed by atoms with E-state index in [0.717, 1.165) is 5.56 Å². The number of halogens is 2. The maximum absolute atomic E-state index is 11.6. The summed E-state index contributed by atoms with van der Waals surface area (Å²) >= 11 is 9.17. The molecule has 2 nitrogen and oxygen atoms in total. The van der Waals surface area contributed by atoms with E-state index in [4.69, 9.17) is 11.6 Å². The molecule has 0 bridgehead atoms. The Balaban J connectivity index is 2.79. The number of hydrogen-bond donors (Lipinski definition) is 1. The average Bonchev–Trinajstić information content (AvgIpc) is 2.38. The van der Waals surface area contributed by atoms with Gasteiger partial charge in [0.05, 0.1) is 10.0 Å². The molecular formula is C10H8BrClO2. The lowest BCUT2D eigenvalue weighted by atomic mass is 10.0. The molecule has 0 fully saturated rings. The third-order valence-corrected chi connectivity index (χ3v) is 3.42. The van der Waals surface area contributed by atoms with Gasteiger partial charge in [0, 0.05) is 11.4 Å². The molecule has 0 aliphatic heterocycles. The molecular weight excluding hydrogens is 267 g/mol. The Morgan fingerprint density at radius 2 is 2.29 bits per heavy atom. The van der Waals surface area contributed by atoms with Crippen LogP contribution < -0.4 is 0 Å². The van der Waals surface area contributed by atoms with Crippen molar-refractivity contribution in [1.82, 2.24) is 0 Å². The number of hydrogen-bond acceptors (Lipinski definition) is 2. The minimum atomic E-state index is -0.0341. The maximum Gasteiger partial charge on any atom is 0.167 e. The minimum Gasteiger partial charge on any atom is -0.506 e. The first-order valence-electron chi connectivity index (χ1n) is 4.26. The van der Waals surface area contributed by atoms with Crippen molar-refractivity contribution < 1.29 is 9.90 Å². The lowest BCUT2D eigenvalue weighted by Gasteiger charge is -2.08. The SMILES string of the molecule is CC1CC(=O)c2c(O)c(Br)cc(Cl)c21. The predicted octanol–water partition coefficient (Wildman–Crippen LogP) is 3.50. The van der Waals surface area contributed by atoms with Gasteiger partial charge in [0.15, 0.2) is 5.78 Å². The van der Waals surface area contributed by atoms with Crippen LogP contribution in [-0.4, -0.2) is 10.9 Å². The Bertz CT molecular complexity index is 429. The molecule has 0 amide bonds. The van der Waals surface area contributed by atoms with E-state index in [0.29, 0.717) is 21.5 Å². The fraction of sp³-hybridized carbons (Fsp3) is 0.300. The number of phenolic OH excluding ortho intramolecular Hbond substituents is 1. The average molecular weight is 276 g/mol. The van der Waals surface area contributed by atoms with Crippen LogP contribution in [0, 0.1) is 0 Å².